The van der Waals surface area contributed by atoms with Crippen molar-refractivity contribution in [2.24, 2.45) is 0 Å². The van der Waals surface area contributed by atoms with Crippen LogP contribution in [0.3, 0.4) is 0 Å². The highest BCUT2D eigenvalue weighted by atomic mass is 28.3. The molecule has 127 valence electrons. The van der Waals surface area contributed by atoms with Gasteiger partial charge in [-0.2, -0.15) is 0 Å². The highest BCUT2D eigenvalue weighted by molar-refractivity contribution is 6.98. The van der Waals surface area contributed by atoms with E-state index in [4.69, 9.17) is 9.97 Å². The molecule has 0 aliphatic rings. The van der Waals surface area contributed by atoms with Crippen molar-refractivity contribution >= 4 is 46.2 Å². The minimum Gasteiger partial charge on any atom is -0.256 e. The minimum atomic E-state index is -1.25. The highest BCUT2D eigenvalue weighted by Crippen LogP contribution is 2.13. The van der Waals surface area contributed by atoms with Crippen LogP contribution in [0, 0.1) is 0 Å². The van der Waals surface area contributed by atoms with E-state index in [9.17, 15) is 0 Å². The summed E-state index contributed by atoms with van der Waals surface area (Å²) < 4.78 is 0. The number of rotatable bonds is 3. The molecule has 27 heavy (non-hydrogen) atoms. The lowest BCUT2D eigenvalue weighted by Crippen LogP contribution is -2.52. The van der Waals surface area contributed by atoms with Crippen LogP contribution in [0.15, 0.2) is 103 Å². The topological polar surface area (TPSA) is 25.8 Å². The summed E-state index contributed by atoms with van der Waals surface area (Å²) in [6.45, 7) is 0. The Kier molecular flexibility index (Phi) is 4.00. The van der Waals surface area contributed by atoms with E-state index in [1.807, 2.05) is 24.5 Å². The number of benzene rings is 3. The van der Waals surface area contributed by atoms with Gasteiger partial charge in [-0.15, -0.1) is 0 Å². The van der Waals surface area contributed by atoms with E-state index in [1.165, 1.54) is 26.3 Å². The number of hydrogen-bond acceptors (Lipinski definition) is 2. The van der Waals surface area contributed by atoms with Gasteiger partial charge >= 0.3 is 0 Å². The first kappa shape index (κ1) is 15.9. The molecular weight excluding hydrogens is 344 g/mol. The third-order valence-corrected chi connectivity index (χ3v) is 7.66. The fourth-order valence-corrected chi connectivity index (χ4v) is 6.53. The van der Waals surface area contributed by atoms with Gasteiger partial charge in [-0.1, -0.05) is 84.0 Å². The van der Waals surface area contributed by atoms with Crippen LogP contribution in [0.5, 0.6) is 0 Å². The van der Waals surface area contributed by atoms with Crippen molar-refractivity contribution in [1.82, 2.24) is 9.97 Å². The van der Waals surface area contributed by atoms with Crippen molar-refractivity contribution in [2.75, 3.05) is 0 Å². The predicted molar refractivity (Wildman–Crippen MR) is 115 cm³/mol. The first-order valence-electron chi connectivity index (χ1n) is 9.02. The molecule has 0 amide bonds. The zero-order valence-electron chi connectivity index (χ0n) is 14.7. The van der Waals surface area contributed by atoms with Gasteiger partial charge in [0.05, 0.1) is 11.0 Å². The Bertz CT molecular complexity index is 1150. The van der Waals surface area contributed by atoms with Gasteiger partial charge in [-0.25, -0.2) is 0 Å². The lowest BCUT2D eigenvalue weighted by Gasteiger charge is -2.19. The van der Waals surface area contributed by atoms with Gasteiger partial charge in [0.2, 0.25) is 0 Å². The van der Waals surface area contributed by atoms with E-state index in [1.54, 1.807) is 0 Å². The van der Waals surface area contributed by atoms with Gasteiger partial charge in [0.1, 0.15) is 0 Å². The molecule has 0 saturated carbocycles. The molecule has 3 aromatic carbocycles. The lowest BCUT2D eigenvalue weighted by molar-refractivity contribution is 1.42. The second-order valence-electron chi connectivity index (χ2n) is 6.50. The van der Waals surface area contributed by atoms with Gasteiger partial charge in [-0.3, -0.25) is 9.97 Å². The van der Waals surface area contributed by atoms with Crippen molar-refractivity contribution in [3.8, 4) is 0 Å². The Hall–Kier alpha value is -3.30. The molecule has 0 atom stereocenters. The summed E-state index contributed by atoms with van der Waals surface area (Å²) in [4.78, 5) is 9.48. The maximum Gasteiger partial charge on any atom is 0.160 e. The summed E-state index contributed by atoms with van der Waals surface area (Å²) in [5.41, 5.74) is 2.18. The third kappa shape index (κ3) is 2.82. The lowest BCUT2D eigenvalue weighted by atomic mass is 10.2. The Morgan fingerprint density at radius 2 is 1.00 bits per heavy atom. The van der Waals surface area contributed by atoms with Crippen LogP contribution >= 0.6 is 0 Å². The smallest absolute Gasteiger partial charge is 0.160 e. The molecule has 0 aliphatic heterocycles. The third-order valence-electron chi connectivity index (χ3n) is 4.87. The number of fused-ring (bicyclic) bond motifs is 2. The average Bonchev–Trinajstić information content (AvgIpc) is 2.75. The second kappa shape index (κ2) is 6.78. The summed E-state index contributed by atoms with van der Waals surface area (Å²) in [5.74, 6) is 0. The fraction of sp³-hybridized carbons (Fsp3) is 0. The predicted octanol–water partition coefficient (Wildman–Crippen LogP) is 3.30. The minimum absolute atomic E-state index is 1.09. The maximum absolute atomic E-state index is 4.74. The number of nitrogens with zero attached hydrogens (tertiary/aromatic N) is 2. The fourth-order valence-electron chi connectivity index (χ4n) is 3.67. The van der Waals surface area contributed by atoms with Crippen LogP contribution in [0.25, 0.3) is 21.8 Å². The zero-order chi connectivity index (χ0) is 18.1. The SMILES string of the molecule is c1ccc([Si](c2cccc3cccnc23)c2cccc3cccnc23)cc1. The van der Waals surface area contributed by atoms with Crippen LogP contribution in [0.1, 0.15) is 0 Å². The molecule has 0 bridgehead atoms. The normalized spacial score (nSPS) is 11.3. The Morgan fingerprint density at radius 3 is 1.56 bits per heavy atom. The summed E-state index contributed by atoms with van der Waals surface area (Å²) in [6.07, 6.45) is 3.77. The molecule has 0 unspecified atom stereocenters. The van der Waals surface area contributed by atoms with Crippen LogP contribution in [-0.2, 0) is 0 Å². The molecule has 5 aromatic rings. The Balaban J connectivity index is 1.85. The quantitative estimate of drug-likeness (QED) is 0.364. The van der Waals surface area contributed by atoms with Crippen molar-refractivity contribution in [1.29, 1.82) is 0 Å². The van der Waals surface area contributed by atoms with Crippen LogP contribution < -0.4 is 15.6 Å². The van der Waals surface area contributed by atoms with Crippen molar-refractivity contribution in [3.05, 3.63) is 103 Å². The molecule has 0 spiro atoms. The van der Waals surface area contributed by atoms with Gasteiger partial charge in [0.15, 0.2) is 8.80 Å². The molecule has 0 saturated heterocycles. The van der Waals surface area contributed by atoms with E-state index < -0.39 is 8.80 Å². The highest BCUT2D eigenvalue weighted by Gasteiger charge is 2.24. The summed E-state index contributed by atoms with van der Waals surface area (Å²) in [7, 11) is -1.25. The van der Waals surface area contributed by atoms with E-state index in [0.29, 0.717) is 0 Å². The summed E-state index contributed by atoms with van der Waals surface area (Å²) >= 11 is 0. The van der Waals surface area contributed by atoms with E-state index in [-0.39, 0.29) is 0 Å². The van der Waals surface area contributed by atoms with Gasteiger partial charge in [-0.05, 0) is 22.5 Å². The van der Waals surface area contributed by atoms with Gasteiger partial charge in [0.25, 0.3) is 0 Å². The van der Waals surface area contributed by atoms with Crippen LogP contribution in [0.2, 0.25) is 0 Å². The van der Waals surface area contributed by atoms with Crippen molar-refractivity contribution in [2.45, 2.75) is 0 Å². The van der Waals surface area contributed by atoms with Crippen molar-refractivity contribution in [3.63, 3.8) is 0 Å². The molecule has 0 aliphatic carbocycles. The maximum atomic E-state index is 4.74. The first-order valence-corrected chi connectivity index (χ1v) is 10.5. The standard InChI is InChI=1S/C24H17N2Si/c1-2-12-20(13-3-1)27(21-14-4-8-18-10-6-16-25-23(18)21)22-15-5-9-19-11-7-17-26-24(19)22/h1-17H. The summed E-state index contributed by atoms with van der Waals surface area (Å²) in [5, 5.41) is 6.33. The van der Waals surface area contributed by atoms with Crippen molar-refractivity contribution < 1.29 is 0 Å². The molecule has 0 fully saturated rings. The van der Waals surface area contributed by atoms with E-state index in [0.717, 1.165) is 11.0 Å². The number of pyridine rings is 2. The van der Waals surface area contributed by atoms with Gasteiger partial charge in [0, 0.05) is 23.2 Å². The number of aromatic nitrogens is 2. The molecule has 1 radical (unpaired) electrons. The molecule has 3 heteroatoms. The number of para-hydroxylation sites is 2. The van der Waals surface area contributed by atoms with Crippen LogP contribution in [-0.4, -0.2) is 18.8 Å². The van der Waals surface area contributed by atoms with E-state index >= 15 is 0 Å². The summed E-state index contributed by atoms with van der Waals surface area (Å²) in [6, 6.07) is 32.1. The molecule has 0 N–H and O–H groups in total. The number of hydrogen-bond donors (Lipinski definition) is 0. The molecule has 2 heterocycles. The molecule has 2 nitrogen and oxygen atoms in total. The molecular formula is C24H17N2Si. The Morgan fingerprint density at radius 1 is 0.481 bits per heavy atom. The Labute approximate surface area is 159 Å². The van der Waals surface area contributed by atoms with Gasteiger partial charge < -0.3 is 0 Å². The first-order chi connectivity index (χ1) is 13.4. The zero-order valence-corrected chi connectivity index (χ0v) is 15.7. The molecule has 2 aromatic heterocycles. The molecule has 5 rings (SSSR count). The second-order valence-corrected chi connectivity index (χ2v) is 8.91. The largest absolute Gasteiger partial charge is 0.256 e. The monoisotopic (exact) mass is 361 g/mol. The average molecular weight is 362 g/mol. The van der Waals surface area contributed by atoms with Crippen LogP contribution in [0.4, 0.5) is 0 Å². The van der Waals surface area contributed by atoms with E-state index in [2.05, 4.69) is 78.9 Å².